The number of carbonyl (C=O) groups is 1. The number of benzene rings is 2. The monoisotopic (exact) mass is 503 g/mol. The van der Waals surface area contributed by atoms with E-state index >= 15 is 0 Å². The predicted molar refractivity (Wildman–Crippen MR) is 134 cm³/mol. The minimum Gasteiger partial charge on any atom is -0.447 e. The highest BCUT2D eigenvalue weighted by atomic mass is 32.2. The van der Waals surface area contributed by atoms with Crippen molar-refractivity contribution in [3.8, 4) is 21.0 Å². The molecule has 0 aliphatic carbocycles. The second-order valence-corrected chi connectivity index (χ2v) is 11.7. The third-order valence-corrected chi connectivity index (χ3v) is 7.33. The number of hydrogen-bond donors (Lipinski definition) is 3. The molecule has 0 spiro atoms. The quantitative estimate of drug-likeness (QED) is 0.417. The number of thiazole rings is 1. The second-order valence-electron chi connectivity index (χ2n) is 9.03. The highest BCUT2D eigenvalue weighted by molar-refractivity contribution is 7.89. The lowest BCUT2D eigenvalue weighted by atomic mass is 10.1. The number of nitrogens with zero attached hydrogens (tertiary/aromatic N) is 1. The molecule has 0 aliphatic rings. The molecule has 0 unspecified atom stereocenters. The summed E-state index contributed by atoms with van der Waals surface area (Å²) in [6.45, 7) is 8.59. The highest BCUT2D eigenvalue weighted by Crippen LogP contribution is 2.36. The molecule has 182 valence electrons. The van der Waals surface area contributed by atoms with Gasteiger partial charge in [-0.15, -0.1) is 11.3 Å². The lowest BCUT2D eigenvalue weighted by Gasteiger charge is -2.21. The van der Waals surface area contributed by atoms with Gasteiger partial charge in [0.1, 0.15) is 5.01 Å². The van der Waals surface area contributed by atoms with Crippen molar-refractivity contribution in [1.82, 2.24) is 9.71 Å². The number of aliphatic hydroxyl groups is 1. The molecule has 10 heteroatoms. The number of sulfonamides is 1. The maximum Gasteiger partial charge on any atom is 0.411 e. The van der Waals surface area contributed by atoms with Crippen LogP contribution in [0.4, 0.5) is 10.5 Å². The Morgan fingerprint density at radius 3 is 2.41 bits per heavy atom. The molecule has 0 saturated heterocycles. The summed E-state index contributed by atoms with van der Waals surface area (Å²) in [5.74, 6) is 0. The average molecular weight is 504 g/mol. The molecule has 0 atom stereocenters. The first-order chi connectivity index (χ1) is 15.9. The first kappa shape index (κ1) is 25.8. The van der Waals surface area contributed by atoms with Gasteiger partial charge in [0.25, 0.3) is 0 Å². The van der Waals surface area contributed by atoms with Crippen molar-refractivity contribution in [3.63, 3.8) is 0 Å². The Hall–Kier alpha value is -2.79. The zero-order chi connectivity index (χ0) is 25.1. The van der Waals surface area contributed by atoms with Crippen LogP contribution >= 0.6 is 11.3 Å². The Morgan fingerprint density at radius 1 is 1.15 bits per heavy atom. The fourth-order valence-corrected chi connectivity index (χ4v) is 5.85. The predicted octanol–water partition coefficient (Wildman–Crippen LogP) is 5.00. The molecular formula is C24H29N3O5S2. The minimum atomic E-state index is -3.84. The summed E-state index contributed by atoms with van der Waals surface area (Å²) in [6, 6.07) is 12.0. The minimum absolute atomic E-state index is 0.0902. The van der Waals surface area contributed by atoms with E-state index in [1.165, 1.54) is 17.4 Å². The molecule has 0 bridgehead atoms. The van der Waals surface area contributed by atoms with Crippen molar-refractivity contribution in [3.05, 3.63) is 54.2 Å². The summed E-state index contributed by atoms with van der Waals surface area (Å²) in [7, 11) is -3.84. The zero-order valence-corrected chi connectivity index (χ0v) is 21.4. The fourth-order valence-electron chi connectivity index (χ4n) is 3.14. The van der Waals surface area contributed by atoms with Crippen LogP contribution in [0, 0.1) is 0 Å². The average Bonchev–Trinajstić information content (AvgIpc) is 3.21. The summed E-state index contributed by atoms with van der Waals surface area (Å²) in [4.78, 5) is 17.0. The van der Waals surface area contributed by atoms with E-state index in [4.69, 9.17) is 4.74 Å². The number of rotatable bonds is 7. The molecule has 1 aromatic heterocycles. The molecule has 0 radical (unpaired) electrons. The van der Waals surface area contributed by atoms with Crippen molar-refractivity contribution in [2.24, 2.45) is 0 Å². The van der Waals surface area contributed by atoms with Crippen LogP contribution in [0.5, 0.6) is 0 Å². The van der Waals surface area contributed by atoms with Gasteiger partial charge < -0.3 is 9.84 Å². The maximum atomic E-state index is 13.1. The van der Waals surface area contributed by atoms with Crippen LogP contribution < -0.4 is 10.0 Å². The van der Waals surface area contributed by atoms with E-state index in [0.717, 1.165) is 5.56 Å². The summed E-state index contributed by atoms with van der Waals surface area (Å²) >= 11 is 1.35. The second kappa shape index (κ2) is 10.2. The summed E-state index contributed by atoms with van der Waals surface area (Å²) < 4.78 is 34.0. The van der Waals surface area contributed by atoms with Gasteiger partial charge in [0.05, 0.1) is 22.5 Å². The number of ether oxygens (including phenoxy) is 1. The highest BCUT2D eigenvalue weighted by Gasteiger charge is 2.26. The molecule has 2 aromatic carbocycles. The van der Waals surface area contributed by atoms with Crippen LogP contribution in [0.2, 0.25) is 0 Å². The first-order valence-corrected chi connectivity index (χ1v) is 13.0. The van der Waals surface area contributed by atoms with E-state index in [1.54, 1.807) is 65.1 Å². The molecule has 3 N–H and O–H groups in total. The number of aromatic nitrogens is 1. The number of anilines is 1. The molecule has 1 amide bonds. The van der Waals surface area contributed by atoms with Gasteiger partial charge >= 0.3 is 6.09 Å². The molecule has 34 heavy (non-hydrogen) atoms. The zero-order valence-electron chi connectivity index (χ0n) is 19.7. The smallest absolute Gasteiger partial charge is 0.411 e. The topological polar surface area (TPSA) is 118 Å². The third kappa shape index (κ3) is 6.63. The molecule has 1 heterocycles. The van der Waals surface area contributed by atoms with Crippen molar-refractivity contribution in [1.29, 1.82) is 0 Å². The lowest BCUT2D eigenvalue weighted by Crippen LogP contribution is -2.40. The van der Waals surface area contributed by atoms with Gasteiger partial charge in [-0.3, -0.25) is 5.32 Å². The Kier molecular flexibility index (Phi) is 7.77. The Balaban J connectivity index is 1.91. The first-order valence-electron chi connectivity index (χ1n) is 10.7. The maximum absolute atomic E-state index is 13.1. The fraction of sp³-hybridized carbons (Fsp3) is 0.333. The van der Waals surface area contributed by atoms with E-state index in [1.807, 2.05) is 12.1 Å². The van der Waals surface area contributed by atoms with Crippen molar-refractivity contribution >= 4 is 33.1 Å². The van der Waals surface area contributed by atoms with Gasteiger partial charge in [0.2, 0.25) is 10.0 Å². The molecule has 3 aromatic rings. The standard InChI is InChI=1S/C24H29N3O5S2/c1-15(2)32-23(29)26-18-9-7-17(8-10-18)22-25-13-20(33-22)19-11-6-16(14-28)12-21(19)34(30,31)27-24(3,4)5/h6-13,15,27-28H,14H2,1-5H3,(H,26,29). The third-order valence-electron chi connectivity index (χ3n) is 4.45. The Bertz CT molecular complexity index is 1260. The van der Waals surface area contributed by atoms with Crippen molar-refractivity contribution in [2.45, 2.75) is 57.8 Å². The molecule has 0 saturated carbocycles. The van der Waals surface area contributed by atoms with Gasteiger partial charge in [-0.1, -0.05) is 12.1 Å². The van der Waals surface area contributed by atoms with E-state index in [0.29, 0.717) is 26.7 Å². The normalized spacial score (nSPS) is 12.1. The number of hydrogen-bond acceptors (Lipinski definition) is 7. The van der Waals surface area contributed by atoms with Crippen LogP contribution in [0.15, 0.2) is 53.6 Å². The number of amides is 1. The lowest BCUT2D eigenvalue weighted by molar-refractivity contribution is 0.130. The van der Waals surface area contributed by atoms with Gasteiger partial charge in [-0.25, -0.2) is 22.9 Å². The summed E-state index contributed by atoms with van der Waals surface area (Å²) in [5, 5.41) is 12.9. The van der Waals surface area contributed by atoms with Crippen molar-refractivity contribution < 1.29 is 23.1 Å². The number of aliphatic hydroxyl groups excluding tert-OH is 1. The van der Waals surface area contributed by atoms with E-state index < -0.39 is 21.7 Å². The largest absolute Gasteiger partial charge is 0.447 e. The van der Waals surface area contributed by atoms with E-state index in [2.05, 4.69) is 15.0 Å². The van der Waals surface area contributed by atoms with Crippen molar-refractivity contribution in [2.75, 3.05) is 5.32 Å². The SMILES string of the molecule is CC(C)OC(=O)Nc1ccc(-c2ncc(-c3ccc(CO)cc3S(=O)(=O)NC(C)(C)C)s2)cc1. The Morgan fingerprint density at radius 2 is 1.82 bits per heavy atom. The molecule has 3 rings (SSSR count). The molecular weight excluding hydrogens is 474 g/mol. The van der Waals surface area contributed by atoms with Crippen LogP contribution in [-0.4, -0.2) is 36.2 Å². The Labute approximate surface area is 204 Å². The van der Waals surface area contributed by atoms with Crippen LogP contribution in [-0.2, 0) is 21.4 Å². The molecule has 0 fully saturated rings. The van der Waals surface area contributed by atoms with Crippen LogP contribution in [0.3, 0.4) is 0 Å². The van der Waals surface area contributed by atoms with Crippen LogP contribution in [0.25, 0.3) is 21.0 Å². The molecule has 8 nitrogen and oxygen atoms in total. The summed E-state index contributed by atoms with van der Waals surface area (Å²) in [6.07, 6.45) is 0.894. The van der Waals surface area contributed by atoms with Gasteiger partial charge in [-0.2, -0.15) is 0 Å². The van der Waals surface area contributed by atoms with E-state index in [9.17, 15) is 18.3 Å². The van der Waals surface area contributed by atoms with Gasteiger partial charge in [0, 0.05) is 28.6 Å². The van der Waals surface area contributed by atoms with Gasteiger partial charge in [0.15, 0.2) is 0 Å². The number of nitrogens with one attached hydrogen (secondary N) is 2. The number of carbonyl (C=O) groups excluding carboxylic acids is 1. The van der Waals surface area contributed by atoms with E-state index in [-0.39, 0.29) is 17.6 Å². The summed E-state index contributed by atoms with van der Waals surface area (Å²) in [5.41, 5.74) is 1.76. The van der Waals surface area contributed by atoms with Gasteiger partial charge in [-0.05, 0) is 70.5 Å². The van der Waals surface area contributed by atoms with Crippen LogP contribution in [0.1, 0.15) is 40.2 Å². The molecule has 0 aliphatic heterocycles.